The second-order valence-corrected chi connectivity index (χ2v) is 5.64. The van der Waals surface area contributed by atoms with E-state index in [9.17, 15) is 0 Å². The molecule has 2 rings (SSSR count). The summed E-state index contributed by atoms with van der Waals surface area (Å²) in [5.74, 6) is 0. The Kier molecular flexibility index (Phi) is 2.29. The number of fused-ring (bicyclic) bond motifs is 1. The van der Waals surface area contributed by atoms with Gasteiger partial charge < -0.3 is 4.90 Å². The van der Waals surface area contributed by atoms with Gasteiger partial charge >= 0.3 is 0 Å². The summed E-state index contributed by atoms with van der Waals surface area (Å²) in [5.41, 5.74) is 6.04. The minimum Gasteiger partial charge on any atom is -0.366 e. The van der Waals surface area contributed by atoms with Crippen molar-refractivity contribution in [1.29, 1.82) is 0 Å². The van der Waals surface area contributed by atoms with E-state index in [1.807, 2.05) is 0 Å². The van der Waals surface area contributed by atoms with Gasteiger partial charge in [0.25, 0.3) is 0 Å². The first kappa shape index (κ1) is 10.5. The zero-order valence-corrected chi connectivity index (χ0v) is 10.5. The molecule has 1 aromatic carbocycles. The van der Waals surface area contributed by atoms with E-state index in [-0.39, 0.29) is 5.54 Å². The van der Waals surface area contributed by atoms with E-state index in [0.717, 1.165) is 0 Å². The van der Waals surface area contributed by atoms with Crippen LogP contribution in [0.1, 0.15) is 37.5 Å². The molecule has 0 bridgehead atoms. The maximum atomic E-state index is 2.52. The highest BCUT2D eigenvalue weighted by atomic mass is 15.2. The number of aryl methyl sites for hydroxylation is 2. The molecule has 1 heteroatoms. The lowest BCUT2D eigenvalue weighted by Crippen LogP contribution is -2.40. The summed E-state index contributed by atoms with van der Waals surface area (Å²) in [5, 5.41) is 0. The Hall–Kier alpha value is -0.980. The molecule has 0 spiro atoms. The standard InChI is InChI=1S/C14H21N/c1-10-8-12-6-7-15(14(3,4)5)13(12)9-11(10)2/h8-9H,6-7H2,1-5H3. The fraction of sp³-hybridized carbons (Fsp3) is 0.571. The minimum absolute atomic E-state index is 0.243. The molecule has 0 saturated carbocycles. The first-order valence-electron chi connectivity index (χ1n) is 5.77. The average molecular weight is 203 g/mol. The lowest BCUT2D eigenvalue weighted by molar-refractivity contribution is 0.518. The summed E-state index contributed by atoms with van der Waals surface area (Å²) < 4.78 is 0. The van der Waals surface area contributed by atoms with Crippen LogP contribution in [-0.2, 0) is 6.42 Å². The van der Waals surface area contributed by atoms with Crippen molar-refractivity contribution in [3.05, 3.63) is 28.8 Å². The fourth-order valence-corrected chi connectivity index (χ4v) is 2.36. The highest BCUT2D eigenvalue weighted by Crippen LogP contribution is 2.35. The second kappa shape index (κ2) is 3.26. The van der Waals surface area contributed by atoms with Crippen molar-refractivity contribution >= 4 is 5.69 Å². The first-order valence-corrected chi connectivity index (χ1v) is 5.77. The Morgan fingerprint density at radius 1 is 1.07 bits per heavy atom. The van der Waals surface area contributed by atoms with Crippen LogP contribution < -0.4 is 4.90 Å². The molecule has 1 aliphatic rings. The van der Waals surface area contributed by atoms with Gasteiger partial charge in [0.15, 0.2) is 0 Å². The SMILES string of the molecule is Cc1cc2c(cc1C)N(C(C)(C)C)CC2. The highest BCUT2D eigenvalue weighted by molar-refractivity contribution is 5.62. The van der Waals surface area contributed by atoms with Crippen molar-refractivity contribution in [3.8, 4) is 0 Å². The number of anilines is 1. The quantitative estimate of drug-likeness (QED) is 0.624. The van der Waals surface area contributed by atoms with Gasteiger partial charge in [-0.05, 0) is 63.8 Å². The predicted octanol–water partition coefficient (Wildman–Crippen LogP) is 3.46. The molecule has 0 aromatic heterocycles. The van der Waals surface area contributed by atoms with E-state index >= 15 is 0 Å². The molecule has 0 unspecified atom stereocenters. The molecular formula is C14H21N. The van der Waals surface area contributed by atoms with E-state index in [4.69, 9.17) is 0 Å². The smallest absolute Gasteiger partial charge is 0.0406 e. The molecule has 1 aromatic rings. The van der Waals surface area contributed by atoms with Gasteiger partial charge in [0.1, 0.15) is 0 Å². The van der Waals surface area contributed by atoms with Crippen LogP contribution in [-0.4, -0.2) is 12.1 Å². The molecule has 82 valence electrons. The first-order chi connectivity index (χ1) is 6.89. The molecule has 1 heterocycles. The number of hydrogen-bond donors (Lipinski definition) is 0. The predicted molar refractivity (Wildman–Crippen MR) is 66.7 cm³/mol. The van der Waals surface area contributed by atoms with Crippen LogP contribution in [0.5, 0.6) is 0 Å². The largest absolute Gasteiger partial charge is 0.366 e. The number of rotatable bonds is 0. The van der Waals surface area contributed by atoms with Crippen LogP contribution in [0, 0.1) is 13.8 Å². The summed E-state index contributed by atoms with van der Waals surface area (Å²) in [6, 6.07) is 4.71. The van der Waals surface area contributed by atoms with Crippen LogP contribution in [0.25, 0.3) is 0 Å². The van der Waals surface area contributed by atoms with Crippen molar-refractivity contribution in [2.45, 2.75) is 46.6 Å². The van der Waals surface area contributed by atoms with Crippen molar-refractivity contribution < 1.29 is 0 Å². The van der Waals surface area contributed by atoms with E-state index in [2.05, 4.69) is 51.7 Å². The molecule has 1 aliphatic heterocycles. The highest BCUT2D eigenvalue weighted by Gasteiger charge is 2.28. The Labute approximate surface area is 93.1 Å². The molecule has 15 heavy (non-hydrogen) atoms. The van der Waals surface area contributed by atoms with Gasteiger partial charge in [0.2, 0.25) is 0 Å². The maximum Gasteiger partial charge on any atom is 0.0406 e. The molecule has 0 atom stereocenters. The lowest BCUT2D eigenvalue weighted by atomic mass is 10.0. The van der Waals surface area contributed by atoms with Crippen molar-refractivity contribution in [1.82, 2.24) is 0 Å². The Morgan fingerprint density at radius 3 is 2.27 bits per heavy atom. The minimum atomic E-state index is 0.243. The van der Waals surface area contributed by atoms with Crippen LogP contribution in [0.4, 0.5) is 5.69 Å². The van der Waals surface area contributed by atoms with E-state index in [1.165, 1.54) is 35.3 Å². The Balaban J connectivity index is 2.47. The van der Waals surface area contributed by atoms with Crippen LogP contribution in [0.3, 0.4) is 0 Å². The summed E-state index contributed by atoms with van der Waals surface area (Å²) in [7, 11) is 0. The topological polar surface area (TPSA) is 3.24 Å². The number of nitrogens with zero attached hydrogens (tertiary/aromatic N) is 1. The summed E-state index contributed by atoms with van der Waals surface area (Å²) >= 11 is 0. The third kappa shape index (κ3) is 1.75. The van der Waals surface area contributed by atoms with Gasteiger partial charge in [0, 0.05) is 17.8 Å². The molecule has 0 radical (unpaired) electrons. The van der Waals surface area contributed by atoms with Crippen molar-refractivity contribution in [2.75, 3.05) is 11.4 Å². The van der Waals surface area contributed by atoms with Crippen LogP contribution in [0.15, 0.2) is 12.1 Å². The van der Waals surface area contributed by atoms with Crippen LogP contribution in [0.2, 0.25) is 0 Å². The summed E-state index contributed by atoms with van der Waals surface area (Å²) in [4.78, 5) is 2.52. The average Bonchev–Trinajstić information content (AvgIpc) is 2.47. The van der Waals surface area contributed by atoms with Crippen molar-refractivity contribution in [2.24, 2.45) is 0 Å². The summed E-state index contributed by atoms with van der Waals surface area (Å²) in [6.07, 6.45) is 1.20. The second-order valence-electron chi connectivity index (χ2n) is 5.64. The van der Waals surface area contributed by atoms with E-state index in [0.29, 0.717) is 0 Å². The molecule has 0 aliphatic carbocycles. The van der Waals surface area contributed by atoms with Gasteiger partial charge in [-0.1, -0.05) is 6.07 Å². The monoisotopic (exact) mass is 203 g/mol. The number of hydrogen-bond acceptors (Lipinski definition) is 1. The normalized spacial score (nSPS) is 15.7. The van der Waals surface area contributed by atoms with Crippen molar-refractivity contribution in [3.63, 3.8) is 0 Å². The maximum absolute atomic E-state index is 2.52. The lowest BCUT2D eigenvalue weighted by Gasteiger charge is -2.34. The van der Waals surface area contributed by atoms with Crippen LogP contribution >= 0.6 is 0 Å². The van der Waals surface area contributed by atoms with Gasteiger partial charge in [-0.2, -0.15) is 0 Å². The Bertz CT molecular complexity index is 385. The third-order valence-electron chi connectivity index (χ3n) is 3.40. The number of benzene rings is 1. The zero-order valence-electron chi connectivity index (χ0n) is 10.5. The van der Waals surface area contributed by atoms with E-state index < -0.39 is 0 Å². The molecule has 0 saturated heterocycles. The summed E-state index contributed by atoms with van der Waals surface area (Å²) in [6.45, 7) is 12.4. The van der Waals surface area contributed by atoms with Gasteiger partial charge in [-0.15, -0.1) is 0 Å². The van der Waals surface area contributed by atoms with Gasteiger partial charge in [-0.25, -0.2) is 0 Å². The Morgan fingerprint density at radius 2 is 1.67 bits per heavy atom. The molecular weight excluding hydrogens is 182 g/mol. The molecule has 0 N–H and O–H groups in total. The van der Waals surface area contributed by atoms with E-state index in [1.54, 1.807) is 0 Å². The molecule has 0 fully saturated rings. The molecule has 1 nitrogen and oxygen atoms in total. The van der Waals surface area contributed by atoms with Gasteiger partial charge in [0.05, 0.1) is 0 Å². The van der Waals surface area contributed by atoms with Gasteiger partial charge in [-0.3, -0.25) is 0 Å². The molecule has 0 amide bonds. The zero-order chi connectivity index (χ0) is 11.2. The third-order valence-corrected chi connectivity index (χ3v) is 3.40. The fourth-order valence-electron chi connectivity index (χ4n) is 2.36.